The minimum atomic E-state index is -3.81. The molecule has 0 aromatic heterocycles. The first-order valence-electron chi connectivity index (χ1n) is 8.50. The second-order valence-corrected chi connectivity index (χ2v) is 7.91. The lowest BCUT2D eigenvalue weighted by Gasteiger charge is -2.17. The Labute approximate surface area is 159 Å². The van der Waals surface area contributed by atoms with Crippen LogP contribution in [0.4, 0.5) is 5.69 Å². The van der Waals surface area contributed by atoms with Gasteiger partial charge in [0.25, 0.3) is 0 Å². The number of nitrogens with one attached hydrogen (secondary N) is 2. The van der Waals surface area contributed by atoms with Gasteiger partial charge in [0.15, 0.2) is 0 Å². The Morgan fingerprint density at radius 3 is 2.52 bits per heavy atom. The smallest absolute Gasteiger partial charge is 0.337 e. The molecule has 0 heterocycles. The van der Waals surface area contributed by atoms with E-state index in [1.54, 1.807) is 7.11 Å². The molecule has 0 aliphatic carbocycles. The first kappa shape index (κ1) is 20.9. The number of rotatable bonds is 10. The average Bonchev–Trinajstić information content (AvgIpc) is 2.62. The standard InChI is InChI=1S/C19H24N2O5S/c1-14(13-26-2)21-18-9-8-16(12-17(18)19(22)23)27(24,25)20-11-10-15-6-4-3-5-7-15/h3-9,12,14,20-21H,10-11,13H2,1-2H3,(H,22,23)/t14-/m0/s1. The van der Waals surface area contributed by atoms with Gasteiger partial charge in [-0.05, 0) is 37.1 Å². The van der Waals surface area contributed by atoms with E-state index in [2.05, 4.69) is 10.0 Å². The quantitative estimate of drug-likeness (QED) is 0.573. The molecule has 0 aliphatic rings. The van der Waals surface area contributed by atoms with Crippen LogP contribution >= 0.6 is 0 Å². The fraction of sp³-hybridized carbons (Fsp3) is 0.316. The van der Waals surface area contributed by atoms with E-state index in [1.165, 1.54) is 12.1 Å². The summed E-state index contributed by atoms with van der Waals surface area (Å²) >= 11 is 0. The largest absolute Gasteiger partial charge is 0.478 e. The van der Waals surface area contributed by atoms with Crippen molar-refractivity contribution in [1.82, 2.24) is 4.72 Å². The molecule has 0 fully saturated rings. The van der Waals surface area contributed by atoms with Crippen LogP contribution in [0, 0.1) is 0 Å². The van der Waals surface area contributed by atoms with Crippen LogP contribution in [0.3, 0.4) is 0 Å². The number of anilines is 1. The van der Waals surface area contributed by atoms with E-state index in [0.29, 0.717) is 18.7 Å². The molecule has 146 valence electrons. The highest BCUT2D eigenvalue weighted by molar-refractivity contribution is 7.89. The van der Waals surface area contributed by atoms with E-state index >= 15 is 0 Å². The summed E-state index contributed by atoms with van der Waals surface area (Å²) in [5.41, 5.74) is 1.25. The van der Waals surface area contributed by atoms with Crippen LogP contribution in [0.5, 0.6) is 0 Å². The van der Waals surface area contributed by atoms with Gasteiger partial charge in [-0.3, -0.25) is 0 Å². The number of sulfonamides is 1. The molecule has 1 atom stereocenters. The minimum Gasteiger partial charge on any atom is -0.478 e. The molecule has 8 heteroatoms. The number of aromatic carboxylic acids is 1. The highest BCUT2D eigenvalue weighted by Crippen LogP contribution is 2.21. The normalized spacial score (nSPS) is 12.5. The third-order valence-electron chi connectivity index (χ3n) is 3.90. The van der Waals surface area contributed by atoms with Crippen LogP contribution in [0.1, 0.15) is 22.8 Å². The molecule has 7 nitrogen and oxygen atoms in total. The van der Waals surface area contributed by atoms with Gasteiger partial charge in [-0.2, -0.15) is 0 Å². The van der Waals surface area contributed by atoms with Crippen LogP contribution in [0.25, 0.3) is 0 Å². The lowest BCUT2D eigenvalue weighted by molar-refractivity contribution is 0.0697. The van der Waals surface area contributed by atoms with E-state index in [0.717, 1.165) is 11.6 Å². The fourth-order valence-electron chi connectivity index (χ4n) is 2.61. The predicted molar refractivity (Wildman–Crippen MR) is 104 cm³/mol. The van der Waals surface area contributed by atoms with Crippen LogP contribution < -0.4 is 10.0 Å². The lowest BCUT2D eigenvalue weighted by Crippen LogP contribution is -2.27. The molecular formula is C19H24N2O5S. The lowest BCUT2D eigenvalue weighted by atomic mass is 10.1. The highest BCUT2D eigenvalue weighted by Gasteiger charge is 2.19. The maximum Gasteiger partial charge on any atom is 0.337 e. The van der Waals surface area contributed by atoms with Crippen molar-refractivity contribution in [3.8, 4) is 0 Å². The summed E-state index contributed by atoms with van der Waals surface area (Å²) in [5.74, 6) is -1.21. The number of ether oxygens (including phenoxy) is 1. The summed E-state index contributed by atoms with van der Waals surface area (Å²) in [7, 11) is -2.26. The molecule has 0 radical (unpaired) electrons. The molecule has 3 N–H and O–H groups in total. The number of carboxylic acid groups (broad SMARTS) is 1. The average molecular weight is 392 g/mol. The zero-order valence-corrected chi connectivity index (χ0v) is 16.1. The molecular weight excluding hydrogens is 368 g/mol. The number of carboxylic acids is 1. The summed E-state index contributed by atoms with van der Waals surface area (Å²) in [6.07, 6.45) is 0.542. The van der Waals surface area contributed by atoms with Crippen molar-refractivity contribution in [3.05, 3.63) is 59.7 Å². The molecule has 0 bridgehead atoms. The number of hydrogen-bond acceptors (Lipinski definition) is 5. The SMILES string of the molecule is COC[C@H](C)Nc1ccc(S(=O)(=O)NCCc2ccccc2)cc1C(=O)O. The molecule has 0 spiro atoms. The zero-order valence-electron chi connectivity index (χ0n) is 15.3. The van der Waals surface area contributed by atoms with Crippen molar-refractivity contribution in [1.29, 1.82) is 0 Å². The van der Waals surface area contributed by atoms with Crippen LogP contribution in [-0.4, -0.2) is 45.8 Å². The Balaban J connectivity index is 2.13. The van der Waals surface area contributed by atoms with Gasteiger partial charge in [0, 0.05) is 25.4 Å². The molecule has 27 heavy (non-hydrogen) atoms. The van der Waals surface area contributed by atoms with Gasteiger partial charge in [0.1, 0.15) is 0 Å². The fourth-order valence-corrected chi connectivity index (χ4v) is 3.67. The van der Waals surface area contributed by atoms with Gasteiger partial charge in [-0.15, -0.1) is 0 Å². The van der Waals surface area contributed by atoms with Gasteiger partial charge >= 0.3 is 5.97 Å². The van der Waals surface area contributed by atoms with Gasteiger partial charge in [0.2, 0.25) is 10.0 Å². The van der Waals surface area contributed by atoms with Gasteiger partial charge in [-0.25, -0.2) is 17.9 Å². The molecule has 2 aromatic rings. The molecule has 0 aliphatic heterocycles. The second-order valence-electron chi connectivity index (χ2n) is 6.15. The van der Waals surface area contributed by atoms with E-state index in [-0.39, 0.29) is 23.0 Å². The van der Waals surface area contributed by atoms with E-state index in [9.17, 15) is 18.3 Å². The minimum absolute atomic E-state index is 0.0853. The molecule has 2 aromatic carbocycles. The van der Waals surface area contributed by atoms with Gasteiger partial charge in [0.05, 0.1) is 17.1 Å². The van der Waals surface area contributed by atoms with Gasteiger partial charge in [-0.1, -0.05) is 30.3 Å². The van der Waals surface area contributed by atoms with E-state index in [1.807, 2.05) is 37.3 Å². The number of methoxy groups -OCH3 is 1. The molecule has 0 amide bonds. The monoisotopic (exact) mass is 392 g/mol. The highest BCUT2D eigenvalue weighted by atomic mass is 32.2. The van der Waals surface area contributed by atoms with Crippen molar-refractivity contribution >= 4 is 21.7 Å². The third kappa shape index (κ3) is 6.06. The summed E-state index contributed by atoms with van der Waals surface area (Å²) in [5, 5.41) is 12.5. The number of benzene rings is 2. The number of hydrogen-bond donors (Lipinski definition) is 3. The second kappa shape index (κ2) is 9.50. The molecule has 0 unspecified atom stereocenters. The maximum absolute atomic E-state index is 12.5. The third-order valence-corrected chi connectivity index (χ3v) is 5.36. The summed E-state index contributed by atoms with van der Waals surface area (Å²) in [6.45, 7) is 2.45. The Morgan fingerprint density at radius 2 is 1.89 bits per heavy atom. The molecule has 0 saturated carbocycles. The van der Waals surface area contributed by atoms with Crippen molar-refractivity contribution in [2.75, 3.05) is 25.6 Å². The Kier molecular flexibility index (Phi) is 7.35. The van der Waals surface area contributed by atoms with Crippen molar-refractivity contribution in [2.45, 2.75) is 24.3 Å². The van der Waals surface area contributed by atoms with Crippen LogP contribution in [0.15, 0.2) is 53.4 Å². The van der Waals surface area contributed by atoms with Gasteiger partial charge < -0.3 is 15.2 Å². The Bertz CT molecular complexity index is 869. The predicted octanol–water partition coefficient (Wildman–Crippen LogP) is 2.35. The Hall–Kier alpha value is -2.42. The first-order chi connectivity index (χ1) is 12.8. The first-order valence-corrected chi connectivity index (χ1v) is 9.98. The topological polar surface area (TPSA) is 105 Å². The van der Waals surface area contributed by atoms with E-state index in [4.69, 9.17) is 4.74 Å². The summed E-state index contributed by atoms with van der Waals surface area (Å²) in [6, 6.07) is 13.4. The van der Waals surface area contributed by atoms with Crippen molar-refractivity contribution in [2.24, 2.45) is 0 Å². The van der Waals surface area contributed by atoms with E-state index < -0.39 is 16.0 Å². The maximum atomic E-state index is 12.5. The van der Waals surface area contributed by atoms with Crippen LogP contribution in [-0.2, 0) is 21.2 Å². The van der Waals surface area contributed by atoms with Crippen molar-refractivity contribution < 1.29 is 23.1 Å². The van der Waals surface area contributed by atoms with Crippen molar-refractivity contribution in [3.63, 3.8) is 0 Å². The zero-order chi connectivity index (χ0) is 19.9. The summed E-state index contributed by atoms with van der Waals surface area (Å²) < 4.78 is 32.5. The summed E-state index contributed by atoms with van der Waals surface area (Å²) in [4.78, 5) is 11.5. The number of carbonyl (C=O) groups is 1. The molecule has 0 saturated heterocycles. The van der Waals surface area contributed by atoms with Crippen LogP contribution in [0.2, 0.25) is 0 Å². The molecule has 2 rings (SSSR count). The Morgan fingerprint density at radius 1 is 1.19 bits per heavy atom.